The number of rotatable bonds is 6. The van der Waals surface area contributed by atoms with E-state index in [-0.39, 0.29) is 18.1 Å². The number of hydrogen-bond donors (Lipinski definition) is 1. The Morgan fingerprint density at radius 1 is 1.26 bits per heavy atom. The van der Waals surface area contributed by atoms with Gasteiger partial charge < -0.3 is 10.5 Å². The van der Waals surface area contributed by atoms with Crippen molar-refractivity contribution < 1.29 is 9.53 Å². The second kappa shape index (κ2) is 7.01. The lowest BCUT2D eigenvalue weighted by Gasteiger charge is -2.20. The number of ether oxygens (including phenoxy) is 1. The Hall–Kier alpha value is -2.07. The molecule has 122 valence electrons. The van der Waals surface area contributed by atoms with Gasteiger partial charge in [-0.1, -0.05) is 43.7 Å². The quantitative estimate of drug-likeness (QED) is 0.892. The van der Waals surface area contributed by atoms with Gasteiger partial charge in [-0.3, -0.25) is 9.69 Å². The summed E-state index contributed by atoms with van der Waals surface area (Å²) >= 11 is 0. The highest BCUT2D eigenvalue weighted by atomic mass is 16.5. The lowest BCUT2D eigenvalue weighted by atomic mass is 10.1. The predicted octanol–water partition coefficient (Wildman–Crippen LogP) is 2.95. The van der Waals surface area contributed by atoms with E-state index >= 15 is 0 Å². The maximum atomic E-state index is 11.7. The number of carbonyl (C=O) groups is 1. The summed E-state index contributed by atoms with van der Waals surface area (Å²) in [6.07, 6.45) is 2.88. The molecule has 0 aliphatic carbocycles. The normalized spacial score (nSPS) is 21.6. The van der Waals surface area contributed by atoms with Gasteiger partial charge in [0.2, 0.25) is 5.91 Å². The molecule has 1 saturated heterocycles. The Bertz CT molecular complexity index is 686. The number of nitrogens with two attached hydrogens (primary N) is 1. The molecule has 4 nitrogen and oxygen atoms in total. The lowest BCUT2D eigenvalue weighted by molar-refractivity contribution is -0.122. The van der Waals surface area contributed by atoms with Crippen molar-refractivity contribution in [1.82, 2.24) is 4.90 Å². The molecule has 2 N–H and O–H groups in total. The first kappa shape index (κ1) is 15.8. The molecule has 0 aromatic heterocycles. The zero-order valence-corrected chi connectivity index (χ0v) is 13.6. The molecule has 1 aliphatic heterocycles. The maximum absolute atomic E-state index is 11.7. The highest BCUT2D eigenvalue weighted by Crippen LogP contribution is 2.26. The van der Waals surface area contributed by atoms with Crippen LogP contribution in [0, 0.1) is 0 Å². The molecular weight excluding hydrogens is 288 g/mol. The molecule has 1 heterocycles. The van der Waals surface area contributed by atoms with Gasteiger partial charge in [0.25, 0.3) is 0 Å². The third-order valence-electron chi connectivity index (χ3n) is 4.52. The number of nitrogens with zero attached hydrogens (tertiary/aromatic N) is 1. The zero-order chi connectivity index (χ0) is 16.2. The van der Waals surface area contributed by atoms with Crippen LogP contribution in [0.1, 0.15) is 26.2 Å². The number of fused-ring (bicyclic) bond motifs is 1. The molecule has 1 aliphatic rings. The van der Waals surface area contributed by atoms with Crippen LogP contribution in [0.15, 0.2) is 42.5 Å². The fraction of sp³-hybridized carbons (Fsp3) is 0.421. The molecule has 23 heavy (non-hydrogen) atoms. The topological polar surface area (TPSA) is 55.6 Å². The molecule has 2 atom stereocenters. The molecule has 0 bridgehead atoms. The minimum Gasteiger partial charge on any atom is -0.489 e. The third kappa shape index (κ3) is 3.64. The van der Waals surface area contributed by atoms with E-state index in [4.69, 9.17) is 10.5 Å². The van der Waals surface area contributed by atoms with Crippen LogP contribution in [0.2, 0.25) is 0 Å². The lowest BCUT2D eigenvalue weighted by Crippen LogP contribution is -2.40. The van der Waals surface area contributed by atoms with Crippen molar-refractivity contribution in [3.63, 3.8) is 0 Å². The first-order valence-electron chi connectivity index (χ1n) is 8.36. The monoisotopic (exact) mass is 312 g/mol. The summed E-state index contributed by atoms with van der Waals surface area (Å²) in [7, 11) is 0. The SMILES string of the molecule is CCCCN1C[C@@H](Oc2ccc3ccccc3c2)C[C@H]1C(N)=O. The van der Waals surface area contributed by atoms with Gasteiger partial charge in [-0.25, -0.2) is 0 Å². The van der Waals surface area contributed by atoms with Gasteiger partial charge in [-0.15, -0.1) is 0 Å². The van der Waals surface area contributed by atoms with Crippen LogP contribution < -0.4 is 10.5 Å². The van der Waals surface area contributed by atoms with Gasteiger partial charge in [0, 0.05) is 13.0 Å². The number of benzene rings is 2. The first-order valence-corrected chi connectivity index (χ1v) is 8.36. The van der Waals surface area contributed by atoms with Crippen LogP contribution in [0.4, 0.5) is 0 Å². The van der Waals surface area contributed by atoms with Crippen molar-refractivity contribution in [3.8, 4) is 5.75 Å². The fourth-order valence-corrected chi connectivity index (χ4v) is 3.28. The van der Waals surface area contributed by atoms with E-state index in [0.717, 1.165) is 37.1 Å². The number of primary amides is 1. The van der Waals surface area contributed by atoms with Gasteiger partial charge in [-0.2, -0.15) is 0 Å². The van der Waals surface area contributed by atoms with Crippen LogP contribution in [0.25, 0.3) is 10.8 Å². The van der Waals surface area contributed by atoms with Crippen LogP contribution in [-0.2, 0) is 4.79 Å². The van der Waals surface area contributed by atoms with Crippen molar-refractivity contribution in [2.24, 2.45) is 5.73 Å². The second-order valence-electron chi connectivity index (χ2n) is 6.25. The van der Waals surface area contributed by atoms with Crippen LogP contribution in [-0.4, -0.2) is 36.0 Å². The van der Waals surface area contributed by atoms with Crippen molar-refractivity contribution in [2.75, 3.05) is 13.1 Å². The summed E-state index contributed by atoms with van der Waals surface area (Å²) in [5.74, 6) is 0.611. The highest BCUT2D eigenvalue weighted by Gasteiger charge is 2.36. The molecule has 0 unspecified atom stereocenters. The number of hydrogen-bond acceptors (Lipinski definition) is 3. The zero-order valence-electron chi connectivity index (χ0n) is 13.6. The van der Waals surface area contributed by atoms with E-state index in [9.17, 15) is 4.79 Å². The van der Waals surface area contributed by atoms with Gasteiger partial charge in [0.05, 0.1) is 6.04 Å². The molecule has 3 rings (SSSR count). The molecule has 0 spiro atoms. The van der Waals surface area contributed by atoms with E-state index in [1.807, 2.05) is 18.2 Å². The smallest absolute Gasteiger partial charge is 0.234 e. The van der Waals surface area contributed by atoms with Crippen molar-refractivity contribution >= 4 is 16.7 Å². The fourth-order valence-electron chi connectivity index (χ4n) is 3.28. The molecule has 1 fully saturated rings. The van der Waals surface area contributed by atoms with E-state index in [1.54, 1.807) is 0 Å². The standard InChI is InChI=1S/C19H24N2O2/c1-2-3-10-21-13-17(12-18(21)19(20)22)23-16-9-8-14-6-4-5-7-15(14)11-16/h4-9,11,17-18H,2-3,10,12-13H2,1H3,(H2,20,22)/t17-,18-/m0/s1. The maximum Gasteiger partial charge on any atom is 0.234 e. The van der Waals surface area contributed by atoms with Crippen LogP contribution >= 0.6 is 0 Å². The van der Waals surface area contributed by atoms with Crippen molar-refractivity contribution in [3.05, 3.63) is 42.5 Å². The van der Waals surface area contributed by atoms with E-state index in [2.05, 4.69) is 36.1 Å². The van der Waals surface area contributed by atoms with E-state index < -0.39 is 0 Å². The third-order valence-corrected chi connectivity index (χ3v) is 4.52. The Morgan fingerprint density at radius 3 is 2.78 bits per heavy atom. The number of amides is 1. The molecular formula is C19H24N2O2. The Kier molecular flexibility index (Phi) is 4.82. The highest BCUT2D eigenvalue weighted by molar-refractivity contribution is 5.83. The molecule has 1 amide bonds. The Morgan fingerprint density at radius 2 is 2.04 bits per heavy atom. The average Bonchev–Trinajstić information content (AvgIpc) is 2.96. The van der Waals surface area contributed by atoms with Crippen molar-refractivity contribution in [2.45, 2.75) is 38.3 Å². The minimum atomic E-state index is -0.245. The van der Waals surface area contributed by atoms with E-state index in [0.29, 0.717) is 6.42 Å². The van der Waals surface area contributed by atoms with Gasteiger partial charge in [-0.05, 0) is 35.9 Å². The molecule has 4 heteroatoms. The predicted molar refractivity (Wildman–Crippen MR) is 92.4 cm³/mol. The molecule has 2 aromatic carbocycles. The number of likely N-dealkylation sites (tertiary alicyclic amines) is 1. The summed E-state index contributed by atoms with van der Waals surface area (Å²) in [5, 5.41) is 2.36. The van der Waals surface area contributed by atoms with E-state index in [1.165, 1.54) is 5.39 Å². The Balaban J connectivity index is 1.70. The van der Waals surface area contributed by atoms with Crippen LogP contribution in [0.3, 0.4) is 0 Å². The largest absolute Gasteiger partial charge is 0.489 e. The van der Waals surface area contributed by atoms with Gasteiger partial charge >= 0.3 is 0 Å². The second-order valence-corrected chi connectivity index (χ2v) is 6.25. The summed E-state index contributed by atoms with van der Waals surface area (Å²) < 4.78 is 6.12. The van der Waals surface area contributed by atoms with Crippen LogP contribution in [0.5, 0.6) is 5.75 Å². The molecule has 0 radical (unpaired) electrons. The summed E-state index contributed by atoms with van der Waals surface area (Å²) in [5.41, 5.74) is 5.55. The number of carbonyl (C=O) groups excluding carboxylic acids is 1. The van der Waals surface area contributed by atoms with Gasteiger partial charge in [0.1, 0.15) is 11.9 Å². The number of unbranched alkanes of at least 4 members (excludes halogenated alkanes) is 1. The summed E-state index contributed by atoms with van der Waals surface area (Å²) in [6, 6.07) is 14.1. The van der Waals surface area contributed by atoms with Crippen molar-refractivity contribution in [1.29, 1.82) is 0 Å². The Labute approximate surface area is 137 Å². The summed E-state index contributed by atoms with van der Waals surface area (Å²) in [4.78, 5) is 13.8. The van der Waals surface area contributed by atoms with Gasteiger partial charge in [0.15, 0.2) is 0 Å². The first-order chi connectivity index (χ1) is 11.2. The molecule has 2 aromatic rings. The minimum absolute atomic E-state index is 0.0190. The average molecular weight is 312 g/mol. The molecule has 0 saturated carbocycles. The summed E-state index contributed by atoms with van der Waals surface area (Å²) in [6.45, 7) is 3.82.